The van der Waals surface area contributed by atoms with Gasteiger partial charge >= 0.3 is 0 Å². The number of benzene rings is 1. The fourth-order valence-corrected chi connectivity index (χ4v) is 4.68. The van der Waals surface area contributed by atoms with Gasteiger partial charge in [-0.15, -0.1) is 0 Å². The number of sulfonamides is 1. The van der Waals surface area contributed by atoms with E-state index in [9.17, 15) is 8.42 Å². The minimum absolute atomic E-state index is 0.255. The van der Waals surface area contributed by atoms with Crippen molar-refractivity contribution in [2.75, 3.05) is 26.7 Å². The molecule has 8 heteroatoms. The molecule has 0 spiro atoms. The van der Waals surface area contributed by atoms with Crippen LogP contribution >= 0.6 is 0 Å². The second-order valence-electron chi connectivity index (χ2n) is 5.37. The summed E-state index contributed by atoms with van der Waals surface area (Å²) in [4.78, 5) is 0.255. The highest BCUT2D eigenvalue weighted by atomic mass is 32.2. The number of hydrogen-bond acceptors (Lipinski definition) is 5. The summed E-state index contributed by atoms with van der Waals surface area (Å²) in [5.41, 5.74) is 1.11. The van der Waals surface area contributed by atoms with Crippen LogP contribution in [-0.2, 0) is 21.4 Å². The molecule has 1 N–H and O–H groups in total. The van der Waals surface area contributed by atoms with Crippen molar-refractivity contribution < 1.29 is 8.42 Å². The largest absolute Gasteiger partial charge is 0.317 e. The summed E-state index contributed by atoms with van der Waals surface area (Å²) < 4.78 is 35.2. The van der Waals surface area contributed by atoms with Crippen molar-refractivity contribution in [1.82, 2.24) is 9.62 Å². The van der Waals surface area contributed by atoms with E-state index < -0.39 is 10.0 Å². The van der Waals surface area contributed by atoms with Gasteiger partial charge in [-0.25, -0.2) is 12.7 Å². The van der Waals surface area contributed by atoms with E-state index in [1.54, 1.807) is 25.2 Å². The van der Waals surface area contributed by atoms with E-state index in [1.165, 1.54) is 4.31 Å². The number of rotatable bonds is 4. The van der Waals surface area contributed by atoms with Gasteiger partial charge in [0.05, 0.1) is 11.4 Å². The highest BCUT2D eigenvalue weighted by Crippen LogP contribution is 2.38. The predicted molar refractivity (Wildman–Crippen MR) is 83.4 cm³/mol. The molecule has 1 fully saturated rings. The van der Waals surface area contributed by atoms with Gasteiger partial charge in [0.15, 0.2) is 0 Å². The molecular weight excluding hydrogens is 308 g/mol. The zero-order valence-corrected chi connectivity index (χ0v) is 13.5. The summed E-state index contributed by atoms with van der Waals surface area (Å²) in [7, 11) is -1.87. The van der Waals surface area contributed by atoms with E-state index in [0.717, 1.165) is 37.3 Å². The van der Waals surface area contributed by atoms with Gasteiger partial charge in [-0.05, 0) is 44.0 Å². The Morgan fingerprint density at radius 2 is 2.10 bits per heavy atom. The average Bonchev–Trinajstić information content (AvgIpc) is 2.96. The molecule has 6 nitrogen and oxygen atoms in total. The molecule has 0 unspecified atom stereocenters. The van der Waals surface area contributed by atoms with Crippen molar-refractivity contribution in [3.05, 3.63) is 18.2 Å². The molecule has 2 aliphatic heterocycles. The number of nitrogens with one attached hydrogen (secondary N) is 1. The highest BCUT2D eigenvalue weighted by molar-refractivity contribution is 7.89. The first kappa shape index (κ1) is 14.8. The van der Waals surface area contributed by atoms with Gasteiger partial charge < -0.3 is 5.32 Å². The van der Waals surface area contributed by atoms with E-state index in [4.69, 9.17) is 0 Å². The maximum absolute atomic E-state index is 12.8. The Morgan fingerprint density at radius 1 is 1.33 bits per heavy atom. The molecule has 0 radical (unpaired) electrons. The first-order valence-corrected chi connectivity index (χ1v) is 9.14. The van der Waals surface area contributed by atoms with Crippen LogP contribution in [0.25, 0.3) is 0 Å². The van der Waals surface area contributed by atoms with Crippen molar-refractivity contribution in [1.29, 1.82) is 0 Å². The molecule has 1 saturated heterocycles. The van der Waals surface area contributed by atoms with Crippen molar-refractivity contribution >= 4 is 32.8 Å². The lowest BCUT2D eigenvalue weighted by Crippen LogP contribution is -2.37. The van der Waals surface area contributed by atoms with Crippen molar-refractivity contribution in [3.8, 4) is 0 Å². The Kier molecular flexibility index (Phi) is 4.21. The molecule has 0 atom stereocenters. The average molecular weight is 326 g/mol. The molecule has 21 heavy (non-hydrogen) atoms. The number of piperidine rings is 1. The molecule has 1 aromatic carbocycles. The Labute approximate surface area is 128 Å². The van der Waals surface area contributed by atoms with Crippen LogP contribution in [0.2, 0.25) is 0 Å². The van der Waals surface area contributed by atoms with Crippen LogP contribution in [0, 0.1) is 5.92 Å². The number of hydrogen-bond donors (Lipinski definition) is 1. The summed E-state index contributed by atoms with van der Waals surface area (Å²) in [6.07, 6.45) is 2.03. The summed E-state index contributed by atoms with van der Waals surface area (Å²) in [6.45, 7) is 2.48. The van der Waals surface area contributed by atoms with Crippen LogP contribution in [0.4, 0.5) is 11.4 Å². The Bertz CT molecular complexity index is 705. The summed E-state index contributed by atoms with van der Waals surface area (Å²) in [6, 6.07) is 5.11. The van der Waals surface area contributed by atoms with Crippen LogP contribution < -0.4 is 5.32 Å². The SMILES string of the molecule is CN(CC1CCNCC1)S(=O)(=O)c1cccc2c1N=S=N2. The van der Waals surface area contributed by atoms with Crippen LogP contribution in [-0.4, -0.2) is 39.4 Å². The maximum atomic E-state index is 12.8. The fourth-order valence-electron chi connectivity index (χ4n) is 2.68. The summed E-state index contributed by atoms with van der Waals surface area (Å²) in [5, 5.41) is 3.29. The number of nitrogens with zero attached hydrogens (tertiary/aromatic N) is 3. The first-order valence-electron chi connectivity index (χ1n) is 6.97. The Hall–Kier alpha value is -1.09. The third kappa shape index (κ3) is 2.94. The second kappa shape index (κ2) is 5.96. The topological polar surface area (TPSA) is 74.1 Å². The molecule has 0 bridgehead atoms. The number of fused-ring (bicyclic) bond motifs is 1. The standard InChI is InChI=1S/C13H18N4O2S2/c1-17(9-10-5-7-14-8-6-10)21(18,19)12-4-2-3-11-13(12)16-20-15-11/h2-4,10,14H,5-9H2,1H3. The van der Waals surface area contributed by atoms with Crippen molar-refractivity contribution in [2.45, 2.75) is 17.7 Å². The molecule has 2 heterocycles. The fraction of sp³-hybridized carbons (Fsp3) is 0.538. The summed E-state index contributed by atoms with van der Waals surface area (Å²) >= 11 is 1.04. The van der Waals surface area contributed by atoms with E-state index >= 15 is 0 Å². The minimum Gasteiger partial charge on any atom is -0.317 e. The van der Waals surface area contributed by atoms with Gasteiger partial charge in [0, 0.05) is 13.6 Å². The van der Waals surface area contributed by atoms with Gasteiger partial charge in [-0.2, -0.15) is 8.73 Å². The van der Waals surface area contributed by atoms with Gasteiger partial charge in [-0.1, -0.05) is 6.07 Å². The lowest BCUT2D eigenvalue weighted by Gasteiger charge is -2.27. The zero-order chi connectivity index (χ0) is 14.9. The predicted octanol–water partition coefficient (Wildman–Crippen LogP) is 2.03. The second-order valence-corrected chi connectivity index (χ2v) is 7.91. The van der Waals surface area contributed by atoms with E-state index in [-0.39, 0.29) is 4.90 Å². The smallest absolute Gasteiger partial charge is 0.245 e. The molecule has 1 aromatic rings. The molecule has 0 amide bonds. The lowest BCUT2D eigenvalue weighted by molar-refractivity contribution is 0.311. The van der Waals surface area contributed by atoms with Crippen molar-refractivity contribution in [3.63, 3.8) is 0 Å². The van der Waals surface area contributed by atoms with Gasteiger partial charge in [0.25, 0.3) is 0 Å². The Balaban J connectivity index is 1.83. The zero-order valence-electron chi connectivity index (χ0n) is 11.8. The van der Waals surface area contributed by atoms with Crippen LogP contribution in [0.1, 0.15) is 12.8 Å². The molecule has 3 rings (SSSR count). The maximum Gasteiger partial charge on any atom is 0.245 e. The highest BCUT2D eigenvalue weighted by Gasteiger charge is 2.28. The normalized spacial score (nSPS) is 18.8. The van der Waals surface area contributed by atoms with E-state index in [2.05, 4.69) is 14.0 Å². The molecule has 0 saturated carbocycles. The van der Waals surface area contributed by atoms with Crippen LogP contribution in [0.5, 0.6) is 0 Å². The first-order chi connectivity index (χ1) is 10.1. The van der Waals surface area contributed by atoms with Gasteiger partial charge in [0.2, 0.25) is 10.0 Å². The third-order valence-corrected chi connectivity index (χ3v) is 6.31. The third-order valence-electron chi connectivity index (χ3n) is 3.91. The quantitative estimate of drug-likeness (QED) is 0.934. The summed E-state index contributed by atoms with van der Waals surface area (Å²) in [5.74, 6) is 0.416. The molecular formula is C13H18N4O2S2. The minimum atomic E-state index is -3.52. The molecule has 114 valence electrons. The van der Waals surface area contributed by atoms with Crippen LogP contribution in [0.3, 0.4) is 0 Å². The monoisotopic (exact) mass is 326 g/mol. The van der Waals surface area contributed by atoms with Crippen molar-refractivity contribution in [2.24, 2.45) is 14.6 Å². The van der Waals surface area contributed by atoms with E-state index in [1.807, 2.05) is 0 Å². The van der Waals surface area contributed by atoms with Crippen LogP contribution in [0.15, 0.2) is 31.8 Å². The van der Waals surface area contributed by atoms with E-state index in [0.29, 0.717) is 23.8 Å². The Morgan fingerprint density at radius 3 is 2.86 bits per heavy atom. The molecule has 2 aliphatic rings. The van der Waals surface area contributed by atoms with Gasteiger partial charge in [-0.3, -0.25) is 0 Å². The molecule has 0 aliphatic carbocycles. The molecule has 0 aromatic heterocycles. The lowest BCUT2D eigenvalue weighted by atomic mass is 9.98. The van der Waals surface area contributed by atoms with Gasteiger partial charge in [0.1, 0.15) is 16.3 Å².